The van der Waals surface area contributed by atoms with Gasteiger partial charge in [-0.3, -0.25) is 24.0 Å². The Morgan fingerprint density at radius 3 is 2.35 bits per heavy atom. The van der Waals surface area contributed by atoms with Gasteiger partial charge in [-0.2, -0.15) is 0 Å². The number of sulfonamides is 1. The molecule has 1 aliphatic carbocycles. The van der Waals surface area contributed by atoms with Gasteiger partial charge in [-0.25, -0.2) is 8.42 Å². The van der Waals surface area contributed by atoms with E-state index >= 15 is 0 Å². The lowest BCUT2D eigenvalue weighted by Crippen LogP contribution is -2.53. The predicted octanol–water partition coefficient (Wildman–Crippen LogP) is 5.96. The molecule has 2 amide bonds. The van der Waals surface area contributed by atoms with Crippen LogP contribution in [0.1, 0.15) is 44.6 Å². The van der Waals surface area contributed by atoms with Gasteiger partial charge in [0.05, 0.1) is 15.5 Å². The first-order valence-corrected chi connectivity index (χ1v) is 16.0. The van der Waals surface area contributed by atoms with Crippen LogP contribution in [0.5, 0.6) is 0 Å². The van der Waals surface area contributed by atoms with Crippen LogP contribution in [-0.2, 0) is 26.2 Å². The van der Waals surface area contributed by atoms with Crippen molar-refractivity contribution in [1.82, 2.24) is 10.2 Å². The van der Waals surface area contributed by atoms with Gasteiger partial charge in [0, 0.05) is 34.8 Å². The number of hydrogen-bond acceptors (Lipinski definition) is 6. The van der Waals surface area contributed by atoms with Crippen molar-refractivity contribution in [3.8, 4) is 0 Å². The van der Waals surface area contributed by atoms with E-state index < -0.39 is 33.4 Å². The summed E-state index contributed by atoms with van der Waals surface area (Å²) in [5.41, 5.74) is 0.0861. The molecule has 3 aromatic rings. The topological polar surface area (TPSA) is 130 Å². The standard InChI is InChI=1S/C30H32Cl2N4O6S/c1-21(30(38)33-24-9-4-2-5-10-24)34(19-22-15-16-23(31)17-28(22)32)29(37)20-35(25-11-8-12-26(18-25)36(39)40)43(41,42)27-13-6-3-7-14-27/h3,6-8,11-18,21,24H,2,4-5,9-10,19-20H2,1H3,(H,33,38). The van der Waals surface area contributed by atoms with E-state index in [0.29, 0.717) is 10.6 Å². The number of benzene rings is 3. The molecule has 228 valence electrons. The molecule has 0 heterocycles. The largest absolute Gasteiger partial charge is 0.352 e. The van der Waals surface area contributed by atoms with E-state index in [9.17, 15) is 28.1 Å². The van der Waals surface area contributed by atoms with E-state index in [1.807, 2.05) is 0 Å². The molecule has 0 saturated heterocycles. The third-order valence-electron chi connectivity index (χ3n) is 7.41. The van der Waals surface area contributed by atoms with Gasteiger partial charge in [0.15, 0.2) is 0 Å². The molecule has 10 nitrogen and oxygen atoms in total. The number of anilines is 1. The maximum atomic E-state index is 14.1. The Morgan fingerprint density at radius 2 is 1.70 bits per heavy atom. The van der Waals surface area contributed by atoms with Crippen molar-refractivity contribution >= 4 is 56.4 Å². The number of halogens is 2. The molecule has 13 heteroatoms. The number of nitrogens with one attached hydrogen (secondary N) is 1. The molecule has 1 N–H and O–H groups in total. The first kappa shape index (κ1) is 32.2. The number of hydrogen-bond donors (Lipinski definition) is 1. The average Bonchev–Trinajstić information content (AvgIpc) is 3.00. The Hall–Kier alpha value is -3.67. The molecule has 43 heavy (non-hydrogen) atoms. The van der Waals surface area contributed by atoms with E-state index in [-0.39, 0.29) is 39.8 Å². The molecule has 0 spiro atoms. The van der Waals surface area contributed by atoms with Crippen LogP contribution >= 0.6 is 23.2 Å². The molecular formula is C30H32Cl2N4O6S. The lowest BCUT2D eigenvalue weighted by atomic mass is 9.95. The summed E-state index contributed by atoms with van der Waals surface area (Å²) in [5, 5.41) is 15.2. The van der Waals surface area contributed by atoms with Gasteiger partial charge in [0.2, 0.25) is 11.8 Å². The molecule has 1 atom stereocenters. The number of nitro groups is 1. The number of nitrogens with zero attached hydrogens (tertiary/aromatic N) is 3. The molecule has 0 radical (unpaired) electrons. The van der Waals surface area contributed by atoms with Crippen molar-refractivity contribution in [2.45, 2.75) is 62.6 Å². The van der Waals surface area contributed by atoms with E-state index in [1.165, 1.54) is 53.4 Å². The molecule has 1 aliphatic rings. The van der Waals surface area contributed by atoms with Gasteiger partial charge in [-0.05, 0) is 55.7 Å². The minimum Gasteiger partial charge on any atom is -0.352 e. The number of amides is 2. The number of nitro benzene ring substituents is 1. The van der Waals surface area contributed by atoms with Crippen LogP contribution in [0.2, 0.25) is 10.0 Å². The second kappa shape index (κ2) is 14.2. The summed E-state index contributed by atoms with van der Waals surface area (Å²) >= 11 is 12.5. The summed E-state index contributed by atoms with van der Waals surface area (Å²) in [6.45, 7) is 0.732. The Kier molecular flexibility index (Phi) is 10.6. The highest BCUT2D eigenvalue weighted by atomic mass is 35.5. The van der Waals surface area contributed by atoms with Crippen LogP contribution in [0.15, 0.2) is 77.7 Å². The zero-order valence-corrected chi connectivity index (χ0v) is 25.8. The fourth-order valence-corrected chi connectivity index (χ4v) is 6.89. The van der Waals surface area contributed by atoms with Gasteiger partial charge in [-0.15, -0.1) is 0 Å². The molecule has 0 aliphatic heterocycles. The molecule has 0 aromatic heterocycles. The normalized spacial score (nSPS) is 14.5. The van der Waals surface area contributed by atoms with Crippen LogP contribution < -0.4 is 9.62 Å². The van der Waals surface area contributed by atoms with Crippen molar-refractivity contribution in [2.24, 2.45) is 0 Å². The summed E-state index contributed by atoms with van der Waals surface area (Å²) in [6.07, 6.45) is 4.78. The van der Waals surface area contributed by atoms with Crippen molar-refractivity contribution in [1.29, 1.82) is 0 Å². The van der Waals surface area contributed by atoms with Crippen molar-refractivity contribution in [2.75, 3.05) is 10.8 Å². The van der Waals surface area contributed by atoms with E-state index in [2.05, 4.69) is 5.32 Å². The highest BCUT2D eigenvalue weighted by Gasteiger charge is 2.34. The van der Waals surface area contributed by atoms with Crippen LogP contribution in [0.3, 0.4) is 0 Å². The highest BCUT2D eigenvalue weighted by molar-refractivity contribution is 7.92. The third kappa shape index (κ3) is 8.04. The molecule has 0 bridgehead atoms. The Bertz CT molecular complexity index is 1580. The minimum absolute atomic E-state index is 0.0143. The van der Waals surface area contributed by atoms with Crippen molar-refractivity contribution < 1.29 is 22.9 Å². The zero-order valence-electron chi connectivity index (χ0n) is 23.5. The predicted molar refractivity (Wildman–Crippen MR) is 166 cm³/mol. The van der Waals surface area contributed by atoms with E-state index in [4.69, 9.17) is 23.2 Å². The lowest BCUT2D eigenvalue weighted by Gasteiger charge is -2.33. The SMILES string of the molecule is CC(C(=O)NC1CCCCC1)N(Cc1ccc(Cl)cc1Cl)C(=O)CN(c1cccc([N+](=O)[O-])c1)S(=O)(=O)c1ccccc1. The quantitative estimate of drug-likeness (QED) is 0.202. The number of carbonyl (C=O) groups excluding carboxylic acids is 2. The van der Waals surface area contributed by atoms with Gasteiger partial charge in [-0.1, -0.05) is 72.8 Å². The second-order valence-corrected chi connectivity index (χ2v) is 13.1. The molecular weight excluding hydrogens is 615 g/mol. The lowest BCUT2D eigenvalue weighted by molar-refractivity contribution is -0.384. The van der Waals surface area contributed by atoms with Crippen molar-refractivity contribution in [3.05, 3.63) is 98.5 Å². The molecule has 1 fully saturated rings. The molecule has 1 unspecified atom stereocenters. The maximum absolute atomic E-state index is 14.1. The molecule has 3 aromatic carbocycles. The second-order valence-electron chi connectivity index (χ2n) is 10.4. The smallest absolute Gasteiger partial charge is 0.271 e. The monoisotopic (exact) mass is 646 g/mol. The maximum Gasteiger partial charge on any atom is 0.271 e. The Balaban J connectivity index is 1.72. The molecule has 1 saturated carbocycles. The molecule has 4 rings (SSSR count). The summed E-state index contributed by atoms with van der Waals surface area (Å²) in [6, 6.07) is 16.2. The van der Waals surface area contributed by atoms with Gasteiger partial charge in [0.1, 0.15) is 12.6 Å². The number of carbonyl (C=O) groups is 2. The summed E-state index contributed by atoms with van der Waals surface area (Å²) < 4.78 is 28.5. The summed E-state index contributed by atoms with van der Waals surface area (Å²) in [5.74, 6) is -1.08. The first-order valence-electron chi connectivity index (χ1n) is 13.8. The van der Waals surface area contributed by atoms with Crippen LogP contribution in [0.25, 0.3) is 0 Å². The van der Waals surface area contributed by atoms with E-state index in [0.717, 1.165) is 42.5 Å². The minimum atomic E-state index is -4.36. The van der Waals surface area contributed by atoms with Gasteiger partial charge >= 0.3 is 0 Å². The summed E-state index contributed by atoms with van der Waals surface area (Å²) in [7, 11) is -4.36. The van der Waals surface area contributed by atoms with Crippen LogP contribution in [0, 0.1) is 10.1 Å². The Labute approximate surface area is 260 Å². The zero-order chi connectivity index (χ0) is 31.1. The fourth-order valence-electron chi connectivity index (χ4n) is 4.99. The van der Waals surface area contributed by atoms with Crippen molar-refractivity contribution in [3.63, 3.8) is 0 Å². The number of rotatable bonds is 11. The first-order chi connectivity index (χ1) is 20.5. The average molecular weight is 648 g/mol. The third-order valence-corrected chi connectivity index (χ3v) is 9.79. The fraction of sp³-hybridized carbons (Fsp3) is 0.333. The highest BCUT2D eigenvalue weighted by Crippen LogP contribution is 2.29. The van der Waals surface area contributed by atoms with E-state index in [1.54, 1.807) is 25.1 Å². The van der Waals surface area contributed by atoms with Gasteiger partial charge < -0.3 is 10.2 Å². The Morgan fingerprint density at radius 1 is 1.00 bits per heavy atom. The van der Waals surface area contributed by atoms with Gasteiger partial charge in [0.25, 0.3) is 15.7 Å². The van der Waals surface area contributed by atoms with Crippen LogP contribution in [0.4, 0.5) is 11.4 Å². The summed E-state index contributed by atoms with van der Waals surface area (Å²) in [4.78, 5) is 39.5. The number of non-ortho nitro benzene ring substituents is 1. The van der Waals surface area contributed by atoms with Crippen LogP contribution in [-0.4, -0.2) is 48.7 Å².